The zero-order chi connectivity index (χ0) is 19.9. The lowest BCUT2D eigenvalue weighted by atomic mass is 10.1. The zero-order valence-electron chi connectivity index (χ0n) is 15.1. The number of aromatic nitrogens is 1. The van der Waals surface area contributed by atoms with Gasteiger partial charge in [-0.05, 0) is 67.1 Å². The van der Waals surface area contributed by atoms with E-state index in [-0.39, 0.29) is 12.8 Å². The standard InChI is InChI=1S/C21H21N3O4/c22-20(25)12-11-19(21(26)27)23-15-3-7-17(8-4-15)28-18-9-5-16(6-10-18)24-13-1-2-14-24/h1-10,13-14,19,23H,11-12H2,(H2,22,25)(H,26,27). The molecule has 0 saturated heterocycles. The van der Waals surface area contributed by atoms with E-state index in [9.17, 15) is 14.7 Å². The molecule has 3 rings (SSSR count). The van der Waals surface area contributed by atoms with Gasteiger partial charge in [0.05, 0.1) is 0 Å². The minimum Gasteiger partial charge on any atom is -0.480 e. The Balaban J connectivity index is 1.60. The summed E-state index contributed by atoms with van der Waals surface area (Å²) in [6.45, 7) is 0. The molecule has 0 aliphatic rings. The van der Waals surface area contributed by atoms with Crippen LogP contribution in [0.1, 0.15) is 12.8 Å². The number of rotatable bonds is 9. The van der Waals surface area contributed by atoms with Gasteiger partial charge >= 0.3 is 5.97 Å². The molecule has 0 aliphatic heterocycles. The molecule has 0 bridgehead atoms. The van der Waals surface area contributed by atoms with Gasteiger partial charge in [-0.25, -0.2) is 4.79 Å². The number of aliphatic carboxylic acids is 1. The van der Waals surface area contributed by atoms with Crippen molar-refractivity contribution in [1.29, 1.82) is 0 Å². The van der Waals surface area contributed by atoms with Crippen molar-refractivity contribution < 1.29 is 19.4 Å². The van der Waals surface area contributed by atoms with E-state index < -0.39 is 17.9 Å². The smallest absolute Gasteiger partial charge is 0.326 e. The second-order valence-electron chi connectivity index (χ2n) is 6.25. The number of primary amides is 1. The van der Waals surface area contributed by atoms with E-state index in [0.717, 1.165) is 5.69 Å². The number of carbonyl (C=O) groups excluding carboxylic acids is 1. The summed E-state index contributed by atoms with van der Waals surface area (Å²) < 4.78 is 7.82. The van der Waals surface area contributed by atoms with Crippen LogP contribution in [0.4, 0.5) is 5.69 Å². The third kappa shape index (κ3) is 5.14. The van der Waals surface area contributed by atoms with Gasteiger partial charge in [-0.1, -0.05) is 0 Å². The third-order valence-electron chi connectivity index (χ3n) is 4.15. The summed E-state index contributed by atoms with van der Waals surface area (Å²) in [6.07, 6.45) is 4.06. The average molecular weight is 379 g/mol. The van der Waals surface area contributed by atoms with E-state index in [1.165, 1.54) is 0 Å². The summed E-state index contributed by atoms with van der Waals surface area (Å²) in [5.74, 6) is -0.242. The van der Waals surface area contributed by atoms with Crippen molar-refractivity contribution in [2.24, 2.45) is 5.73 Å². The van der Waals surface area contributed by atoms with Crippen molar-refractivity contribution in [1.82, 2.24) is 4.57 Å². The number of anilines is 1. The number of carbonyl (C=O) groups is 2. The van der Waals surface area contributed by atoms with Crippen LogP contribution < -0.4 is 15.8 Å². The molecule has 144 valence electrons. The van der Waals surface area contributed by atoms with Crippen molar-refractivity contribution in [2.45, 2.75) is 18.9 Å². The molecule has 0 spiro atoms. The number of carboxylic acid groups (broad SMARTS) is 1. The summed E-state index contributed by atoms with van der Waals surface area (Å²) in [5.41, 5.74) is 6.74. The second kappa shape index (κ2) is 8.77. The monoisotopic (exact) mass is 379 g/mol. The quantitative estimate of drug-likeness (QED) is 0.528. The van der Waals surface area contributed by atoms with Crippen molar-refractivity contribution in [3.8, 4) is 17.2 Å². The van der Waals surface area contributed by atoms with Crippen molar-refractivity contribution >= 4 is 17.6 Å². The first-order chi connectivity index (χ1) is 13.5. The molecule has 0 radical (unpaired) electrons. The van der Waals surface area contributed by atoms with Gasteiger partial charge in [-0.2, -0.15) is 0 Å². The van der Waals surface area contributed by atoms with Gasteiger partial charge < -0.3 is 25.5 Å². The molecule has 1 unspecified atom stereocenters. The van der Waals surface area contributed by atoms with Crippen LogP contribution in [0, 0.1) is 0 Å². The van der Waals surface area contributed by atoms with E-state index >= 15 is 0 Å². The number of hydrogen-bond donors (Lipinski definition) is 3. The number of nitrogens with two attached hydrogens (primary N) is 1. The van der Waals surface area contributed by atoms with Crippen molar-refractivity contribution in [3.05, 3.63) is 73.1 Å². The topological polar surface area (TPSA) is 107 Å². The first kappa shape index (κ1) is 19.0. The van der Waals surface area contributed by atoms with Crippen LogP contribution in [-0.2, 0) is 9.59 Å². The number of hydrogen-bond acceptors (Lipinski definition) is 4. The summed E-state index contributed by atoms with van der Waals surface area (Å²) in [7, 11) is 0. The molecule has 7 heteroatoms. The highest BCUT2D eigenvalue weighted by molar-refractivity contribution is 5.79. The maximum Gasteiger partial charge on any atom is 0.326 e. The predicted octanol–water partition coefficient (Wildman–Crippen LogP) is 3.40. The zero-order valence-corrected chi connectivity index (χ0v) is 15.1. The fourth-order valence-corrected chi connectivity index (χ4v) is 2.69. The second-order valence-corrected chi connectivity index (χ2v) is 6.25. The highest BCUT2D eigenvalue weighted by Gasteiger charge is 2.17. The fourth-order valence-electron chi connectivity index (χ4n) is 2.69. The van der Waals surface area contributed by atoms with Crippen LogP contribution in [-0.4, -0.2) is 27.6 Å². The third-order valence-corrected chi connectivity index (χ3v) is 4.15. The van der Waals surface area contributed by atoms with Gasteiger partial charge in [-0.15, -0.1) is 0 Å². The Morgan fingerprint density at radius 3 is 2.11 bits per heavy atom. The molecular formula is C21H21N3O4. The maximum atomic E-state index is 11.3. The summed E-state index contributed by atoms with van der Waals surface area (Å²) in [5, 5.41) is 12.1. The van der Waals surface area contributed by atoms with E-state index in [1.807, 2.05) is 53.4 Å². The predicted molar refractivity (Wildman–Crippen MR) is 106 cm³/mol. The summed E-state index contributed by atoms with van der Waals surface area (Å²) >= 11 is 0. The molecule has 0 aliphatic carbocycles. The number of benzene rings is 2. The minimum atomic E-state index is -1.04. The first-order valence-electron chi connectivity index (χ1n) is 8.80. The Labute approximate surface area is 162 Å². The van der Waals surface area contributed by atoms with E-state index in [0.29, 0.717) is 17.2 Å². The van der Waals surface area contributed by atoms with Gasteiger partial charge in [0.25, 0.3) is 0 Å². The Kier molecular flexibility index (Phi) is 5.96. The molecule has 7 nitrogen and oxygen atoms in total. The molecule has 0 fully saturated rings. The molecule has 28 heavy (non-hydrogen) atoms. The van der Waals surface area contributed by atoms with Crippen LogP contribution in [0.2, 0.25) is 0 Å². The summed E-state index contributed by atoms with van der Waals surface area (Å²) in [4.78, 5) is 22.2. The van der Waals surface area contributed by atoms with Crippen molar-refractivity contribution in [3.63, 3.8) is 0 Å². The van der Waals surface area contributed by atoms with E-state index in [2.05, 4.69) is 5.32 Å². The van der Waals surface area contributed by atoms with Crippen LogP contribution in [0.15, 0.2) is 73.1 Å². The number of ether oxygens (including phenoxy) is 1. The van der Waals surface area contributed by atoms with Gasteiger partial charge in [0.1, 0.15) is 17.5 Å². The molecule has 1 amide bonds. The lowest BCUT2D eigenvalue weighted by Gasteiger charge is -2.15. The highest BCUT2D eigenvalue weighted by Crippen LogP contribution is 2.24. The Bertz CT molecular complexity index is 919. The van der Waals surface area contributed by atoms with Gasteiger partial charge in [-0.3, -0.25) is 4.79 Å². The lowest BCUT2D eigenvalue weighted by Crippen LogP contribution is -2.30. The minimum absolute atomic E-state index is 0.00413. The van der Waals surface area contributed by atoms with Gasteiger partial charge in [0.2, 0.25) is 5.91 Å². The van der Waals surface area contributed by atoms with Gasteiger partial charge in [0, 0.05) is 30.2 Å². The van der Waals surface area contributed by atoms with E-state index in [4.69, 9.17) is 10.5 Å². The molecule has 1 atom stereocenters. The van der Waals surface area contributed by atoms with E-state index in [1.54, 1.807) is 24.3 Å². The van der Waals surface area contributed by atoms with Crippen molar-refractivity contribution in [2.75, 3.05) is 5.32 Å². The average Bonchev–Trinajstić information content (AvgIpc) is 3.21. The summed E-state index contributed by atoms with van der Waals surface area (Å²) in [6, 6.07) is 17.7. The number of nitrogens with one attached hydrogen (secondary N) is 1. The highest BCUT2D eigenvalue weighted by atomic mass is 16.5. The first-order valence-corrected chi connectivity index (χ1v) is 8.80. The van der Waals surface area contributed by atoms with Gasteiger partial charge in [0.15, 0.2) is 0 Å². The molecule has 0 saturated carbocycles. The van der Waals surface area contributed by atoms with Crippen LogP contribution in [0.25, 0.3) is 5.69 Å². The Morgan fingerprint density at radius 2 is 1.57 bits per heavy atom. The number of amides is 1. The molecule has 1 aromatic heterocycles. The Hall–Kier alpha value is -3.74. The van der Waals surface area contributed by atoms with Crippen LogP contribution >= 0.6 is 0 Å². The SMILES string of the molecule is NC(=O)CCC(Nc1ccc(Oc2ccc(-n3cccc3)cc2)cc1)C(=O)O. The molecule has 2 aromatic carbocycles. The molecule has 1 heterocycles. The Morgan fingerprint density at radius 1 is 1.00 bits per heavy atom. The largest absolute Gasteiger partial charge is 0.480 e. The van der Waals surface area contributed by atoms with Crippen LogP contribution in [0.5, 0.6) is 11.5 Å². The molecule has 4 N–H and O–H groups in total. The number of nitrogens with zero attached hydrogens (tertiary/aromatic N) is 1. The normalized spacial score (nSPS) is 11.6. The number of carboxylic acids is 1. The lowest BCUT2D eigenvalue weighted by molar-refractivity contribution is -0.138. The fraction of sp³-hybridized carbons (Fsp3) is 0.143. The van der Waals surface area contributed by atoms with Crippen LogP contribution in [0.3, 0.4) is 0 Å². The molecule has 3 aromatic rings. The maximum absolute atomic E-state index is 11.3. The molecular weight excluding hydrogens is 358 g/mol.